The van der Waals surface area contributed by atoms with Gasteiger partial charge in [0.15, 0.2) is 0 Å². The predicted molar refractivity (Wildman–Crippen MR) is 31.6 cm³/mol. The van der Waals surface area contributed by atoms with Gasteiger partial charge in [-0.05, 0) is 20.8 Å². The minimum absolute atomic E-state index is 0.0816. The van der Waals surface area contributed by atoms with E-state index in [4.69, 9.17) is 16.3 Å². The van der Waals surface area contributed by atoms with E-state index in [0.717, 1.165) is 0 Å². The molecule has 0 saturated heterocycles. The summed E-state index contributed by atoms with van der Waals surface area (Å²) in [6, 6.07) is 0.281. The highest BCUT2D eigenvalue weighted by Crippen LogP contribution is 2.05. The van der Waals surface area contributed by atoms with Crippen molar-refractivity contribution in [2.75, 3.05) is 6.07 Å². The first-order chi connectivity index (χ1) is 3.06. The molecule has 0 atom stereocenters. The molecule has 0 N–H and O–H groups in total. The molecule has 1 nitrogen and oxygen atoms in total. The van der Waals surface area contributed by atoms with E-state index in [0.29, 0.717) is 0 Å². The zero-order valence-electron chi connectivity index (χ0n) is 4.99. The van der Waals surface area contributed by atoms with E-state index in [1.54, 1.807) is 0 Å². The maximum absolute atomic E-state index is 5.26. The van der Waals surface area contributed by atoms with Crippen molar-refractivity contribution in [2.24, 2.45) is 0 Å². The van der Waals surface area contributed by atoms with Gasteiger partial charge in [-0.15, -0.1) is 0 Å². The summed E-state index contributed by atoms with van der Waals surface area (Å²) in [4.78, 5) is 0. The van der Waals surface area contributed by atoms with Crippen LogP contribution in [0, 0.1) is 0 Å². The van der Waals surface area contributed by atoms with Gasteiger partial charge in [0.2, 0.25) is 0 Å². The van der Waals surface area contributed by atoms with E-state index in [-0.39, 0.29) is 11.7 Å². The fourth-order valence-electron chi connectivity index (χ4n) is 0.164. The number of hydrogen-bond donors (Lipinski definition) is 0. The topological polar surface area (TPSA) is 9.23 Å². The third-order valence-corrected chi connectivity index (χ3v) is 0.597. The first kappa shape index (κ1) is 7.25. The molecule has 0 aliphatic carbocycles. The fourth-order valence-corrected chi connectivity index (χ4v) is 0.491. The van der Waals surface area contributed by atoms with E-state index in [1.807, 2.05) is 20.8 Å². The third-order valence-electron chi connectivity index (χ3n) is 0.488. The molecular weight excluding hydrogens is 112 g/mol. The van der Waals surface area contributed by atoms with Crippen molar-refractivity contribution < 1.29 is 4.74 Å². The number of halogens is 1. The highest BCUT2D eigenvalue weighted by Gasteiger charge is 2.07. The van der Waals surface area contributed by atoms with Gasteiger partial charge < -0.3 is 4.74 Å². The van der Waals surface area contributed by atoms with E-state index in [9.17, 15) is 0 Å². The summed E-state index contributed by atoms with van der Waals surface area (Å²) in [7, 11) is 0. The zero-order valence-corrected chi connectivity index (χ0v) is 5.75. The van der Waals surface area contributed by atoms with Crippen molar-refractivity contribution in [1.82, 2.24) is 0 Å². The van der Waals surface area contributed by atoms with Crippen LogP contribution in [-0.4, -0.2) is 11.7 Å². The van der Waals surface area contributed by atoms with Crippen LogP contribution in [0.2, 0.25) is 0 Å². The van der Waals surface area contributed by atoms with Crippen LogP contribution in [-0.2, 0) is 4.74 Å². The molecule has 0 aliphatic rings. The van der Waals surface area contributed by atoms with Gasteiger partial charge in [0.1, 0.15) is 6.07 Å². The van der Waals surface area contributed by atoms with Gasteiger partial charge in [-0.1, -0.05) is 11.6 Å². The molecule has 0 aliphatic heterocycles. The molecule has 2 heteroatoms. The maximum Gasteiger partial charge on any atom is 0.121 e. The minimum atomic E-state index is -0.0816. The second kappa shape index (κ2) is 2.53. The summed E-state index contributed by atoms with van der Waals surface area (Å²) in [5, 5.41) is 0. The molecule has 0 unspecified atom stereocenters. The lowest BCUT2D eigenvalue weighted by molar-refractivity contribution is 0.0262. The van der Waals surface area contributed by atoms with Crippen molar-refractivity contribution in [1.29, 1.82) is 0 Å². The summed E-state index contributed by atoms with van der Waals surface area (Å²) in [5.74, 6) is 0. The normalized spacial score (nSPS) is 12.0. The summed E-state index contributed by atoms with van der Waals surface area (Å²) in [6.45, 7) is 5.90. The lowest BCUT2D eigenvalue weighted by atomic mass is 10.2. The summed E-state index contributed by atoms with van der Waals surface area (Å²) in [5.41, 5.74) is -0.0816. The van der Waals surface area contributed by atoms with Gasteiger partial charge in [-0.3, -0.25) is 0 Å². The predicted octanol–water partition coefficient (Wildman–Crippen LogP) is 2.00. The summed E-state index contributed by atoms with van der Waals surface area (Å²) >= 11 is 5.26. The van der Waals surface area contributed by atoms with Gasteiger partial charge in [-0.2, -0.15) is 0 Å². The van der Waals surface area contributed by atoms with Gasteiger partial charge >= 0.3 is 0 Å². The molecule has 7 heavy (non-hydrogen) atoms. The Bertz CT molecular complexity index is 46.5. The lowest BCUT2D eigenvalue weighted by Crippen LogP contribution is -2.17. The molecule has 0 spiro atoms. The fraction of sp³-hybridized carbons (Fsp3) is 1.00. The van der Waals surface area contributed by atoms with Crippen LogP contribution in [0.3, 0.4) is 0 Å². The van der Waals surface area contributed by atoms with Gasteiger partial charge in [0, 0.05) is 0 Å². The standard InChI is InChI=1S/C5H11ClO/c1-5(2,3)7-4-6/h4H2,1-3H3. The molecule has 0 saturated carbocycles. The molecule has 0 bridgehead atoms. The van der Waals surface area contributed by atoms with Crippen molar-refractivity contribution >= 4 is 11.6 Å². The van der Waals surface area contributed by atoms with E-state index in [2.05, 4.69) is 0 Å². The Morgan fingerprint density at radius 2 is 1.86 bits per heavy atom. The monoisotopic (exact) mass is 122 g/mol. The average molecular weight is 123 g/mol. The molecule has 0 fully saturated rings. The van der Waals surface area contributed by atoms with Crippen LogP contribution in [0.4, 0.5) is 0 Å². The Hall–Kier alpha value is 0.250. The molecule has 0 aromatic rings. The Kier molecular flexibility index (Phi) is 2.62. The van der Waals surface area contributed by atoms with Crippen LogP contribution in [0.15, 0.2) is 0 Å². The van der Waals surface area contributed by atoms with E-state index >= 15 is 0 Å². The molecule has 0 rings (SSSR count). The Morgan fingerprint density at radius 3 is 1.86 bits per heavy atom. The van der Waals surface area contributed by atoms with E-state index < -0.39 is 0 Å². The summed E-state index contributed by atoms with van der Waals surface area (Å²) < 4.78 is 4.99. The van der Waals surface area contributed by atoms with Crippen molar-refractivity contribution in [3.63, 3.8) is 0 Å². The zero-order chi connectivity index (χ0) is 5.91. The highest BCUT2D eigenvalue weighted by molar-refractivity contribution is 6.17. The Labute approximate surface area is 49.6 Å². The SMILES string of the molecule is CC(C)(C)OCCl. The van der Waals surface area contributed by atoms with Crippen LogP contribution < -0.4 is 0 Å². The maximum atomic E-state index is 5.26. The molecule has 0 aromatic heterocycles. The second-order valence-electron chi connectivity index (χ2n) is 2.37. The number of ether oxygens (including phenoxy) is 1. The average Bonchev–Trinajstić information content (AvgIpc) is 1.30. The van der Waals surface area contributed by atoms with Crippen LogP contribution in [0.5, 0.6) is 0 Å². The molecule has 0 aromatic carbocycles. The van der Waals surface area contributed by atoms with Crippen molar-refractivity contribution in [3.8, 4) is 0 Å². The molecular formula is C5H11ClO. The van der Waals surface area contributed by atoms with E-state index in [1.165, 1.54) is 0 Å². The highest BCUT2D eigenvalue weighted by atomic mass is 35.5. The molecule has 0 heterocycles. The smallest absolute Gasteiger partial charge is 0.121 e. The molecule has 44 valence electrons. The van der Waals surface area contributed by atoms with Crippen LogP contribution in [0.1, 0.15) is 20.8 Å². The van der Waals surface area contributed by atoms with Crippen molar-refractivity contribution in [2.45, 2.75) is 26.4 Å². The second-order valence-corrected chi connectivity index (χ2v) is 2.58. The largest absolute Gasteiger partial charge is 0.360 e. The Morgan fingerprint density at radius 1 is 1.43 bits per heavy atom. The van der Waals surface area contributed by atoms with Crippen molar-refractivity contribution in [3.05, 3.63) is 0 Å². The molecule has 0 radical (unpaired) electrons. The number of hydrogen-bond acceptors (Lipinski definition) is 1. The number of alkyl halides is 1. The number of rotatable bonds is 1. The van der Waals surface area contributed by atoms with Gasteiger partial charge in [0.25, 0.3) is 0 Å². The Balaban J connectivity index is 3.15. The minimum Gasteiger partial charge on any atom is -0.360 e. The quantitative estimate of drug-likeness (QED) is 0.484. The first-order valence-corrected chi connectivity index (χ1v) is 2.79. The summed E-state index contributed by atoms with van der Waals surface area (Å²) in [6.07, 6.45) is 0. The van der Waals surface area contributed by atoms with Crippen LogP contribution in [0.25, 0.3) is 0 Å². The third kappa shape index (κ3) is 6.25. The van der Waals surface area contributed by atoms with Gasteiger partial charge in [0.05, 0.1) is 5.60 Å². The first-order valence-electron chi connectivity index (χ1n) is 2.26. The van der Waals surface area contributed by atoms with Gasteiger partial charge in [-0.25, -0.2) is 0 Å². The lowest BCUT2D eigenvalue weighted by Gasteiger charge is -2.16. The molecule has 0 amide bonds. The van der Waals surface area contributed by atoms with Crippen LogP contribution >= 0.6 is 11.6 Å².